The summed E-state index contributed by atoms with van der Waals surface area (Å²) in [4.78, 5) is 2.01. The Balaban J connectivity index is 1.68. The van der Waals surface area contributed by atoms with Gasteiger partial charge in [0.05, 0.1) is 0 Å². The molecule has 1 N–H and O–H groups in total. The first-order valence-electron chi connectivity index (χ1n) is 6.46. The van der Waals surface area contributed by atoms with Crippen LogP contribution >= 0.6 is 0 Å². The van der Waals surface area contributed by atoms with Crippen LogP contribution in [0.2, 0.25) is 0 Å². The number of hydrogen-bond acceptors (Lipinski definition) is 2. The molecule has 1 aromatic rings. The second-order valence-electron chi connectivity index (χ2n) is 5.63. The molecule has 3 fully saturated rings. The molecule has 1 aromatic carbocycles. The van der Waals surface area contributed by atoms with Crippen molar-refractivity contribution in [1.82, 2.24) is 4.90 Å². The van der Waals surface area contributed by atoms with E-state index in [0.29, 0.717) is 26.1 Å². The Kier molecular flexibility index (Phi) is 2.87. The van der Waals surface area contributed by atoms with Crippen LogP contribution < -0.4 is 0 Å². The summed E-state index contributed by atoms with van der Waals surface area (Å²) in [6.45, 7) is 1.30. The number of alkyl halides is 3. The second-order valence-corrected chi connectivity index (χ2v) is 5.63. The Morgan fingerprint density at radius 1 is 1.16 bits per heavy atom. The van der Waals surface area contributed by atoms with E-state index in [1.807, 2.05) is 35.2 Å². The molecule has 2 aliphatic heterocycles. The van der Waals surface area contributed by atoms with E-state index in [0.717, 1.165) is 5.56 Å². The van der Waals surface area contributed by atoms with Gasteiger partial charge in [-0.3, -0.25) is 4.90 Å². The molecule has 2 bridgehead atoms. The molecule has 2 saturated heterocycles. The fourth-order valence-corrected chi connectivity index (χ4v) is 3.43. The summed E-state index contributed by atoms with van der Waals surface area (Å²) in [5.41, 5.74) is -1.35. The molecule has 1 aliphatic carbocycles. The van der Waals surface area contributed by atoms with Gasteiger partial charge in [-0.15, -0.1) is 0 Å². The molecule has 0 aromatic heterocycles. The van der Waals surface area contributed by atoms with Crippen molar-refractivity contribution in [3.8, 4) is 0 Å². The van der Waals surface area contributed by atoms with Crippen molar-refractivity contribution in [1.29, 1.82) is 0 Å². The lowest BCUT2D eigenvalue weighted by molar-refractivity contribution is -0.351. The fourth-order valence-electron chi connectivity index (χ4n) is 3.43. The van der Waals surface area contributed by atoms with E-state index in [4.69, 9.17) is 0 Å². The first kappa shape index (κ1) is 12.9. The summed E-state index contributed by atoms with van der Waals surface area (Å²) < 4.78 is 38.7. The monoisotopic (exact) mass is 271 g/mol. The van der Waals surface area contributed by atoms with Gasteiger partial charge >= 0.3 is 6.18 Å². The van der Waals surface area contributed by atoms with Crippen LogP contribution in [0.4, 0.5) is 13.2 Å². The first-order valence-corrected chi connectivity index (χ1v) is 6.46. The predicted molar refractivity (Wildman–Crippen MR) is 64.3 cm³/mol. The minimum absolute atomic E-state index is 0.321. The molecule has 3 atom stereocenters. The number of hydrogen-bond donors (Lipinski definition) is 1. The molecular weight excluding hydrogens is 255 g/mol. The molecular formula is C14H16F3NO. The molecule has 0 amide bonds. The number of nitrogens with zero attached hydrogens (tertiary/aromatic N) is 1. The van der Waals surface area contributed by atoms with Gasteiger partial charge in [-0.2, -0.15) is 13.2 Å². The van der Waals surface area contributed by atoms with Crippen molar-refractivity contribution in [2.45, 2.75) is 24.7 Å². The van der Waals surface area contributed by atoms with Crippen LogP contribution in [0.25, 0.3) is 0 Å². The number of benzene rings is 1. The highest BCUT2D eigenvalue weighted by Crippen LogP contribution is 2.56. The van der Waals surface area contributed by atoms with Gasteiger partial charge in [0, 0.05) is 31.5 Å². The number of piperidine rings is 2. The van der Waals surface area contributed by atoms with Crippen LogP contribution in [0, 0.1) is 11.8 Å². The smallest absolute Gasteiger partial charge is 0.380 e. The van der Waals surface area contributed by atoms with Gasteiger partial charge in [-0.25, -0.2) is 0 Å². The van der Waals surface area contributed by atoms with E-state index in [-0.39, 0.29) is 0 Å². The highest BCUT2D eigenvalue weighted by molar-refractivity contribution is 5.17. The van der Waals surface area contributed by atoms with E-state index in [1.54, 1.807) is 0 Å². The summed E-state index contributed by atoms with van der Waals surface area (Å²) in [6.07, 6.45) is -4.01. The maximum absolute atomic E-state index is 12.9. The maximum atomic E-state index is 12.9. The zero-order valence-electron chi connectivity index (χ0n) is 10.4. The fraction of sp³-hybridized carbons (Fsp3) is 0.571. The molecule has 0 spiro atoms. The average molecular weight is 271 g/mol. The summed E-state index contributed by atoms with van der Waals surface area (Å²) in [5.74, 6) is -1.34. The molecule has 1 unspecified atom stereocenters. The van der Waals surface area contributed by atoms with Crippen LogP contribution in [0.5, 0.6) is 0 Å². The normalized spacial score (nSPS) is 34.9. The summed E-state index contributed by atoms with van der Waals surface area (Å²) >= 11 is 0. The minimum atomic E-state index is -4.50. The van der Waals surface area contributed by atoms with Crippen molar-refractivity contribution in [3.05, 3.63) is 35.9 Å². The molecule has 104 valence electrons. The Morgan fingerprint density at radius 2 is 1.74 bits per heavy atom. The Morgan fingerprint density at radius 3 is 2.26 bits per heavy atom. The quantitative estimate of drug-likeness (QED) is 0.893. The van der Waals surface area contributed by atoms with Crippen molar-refractivity contribution >= 4 is 0 Å². The Hall–Kier alpha value is -1.07. The molecule has 19 heavy (non-hydrogen) atoms. The maximum Gasteiger partial charge on any atom is 0.417 e. The molecule has 0 radical (unpaired) electrons. The van der Waals surface area contributed by atoms with Gasteiger partial charge < -0.3 is 5.11 Å². The van der Waals surface area contributed by atoms with Gasteiger partial charge in [-0.05, 0) is 12.0 Å². The van der Waals surface area contributed by atoms with Crippen molar-refractivity contribution in [2.24, 2.45) is 11.8 Å². The van der Waals surface area contributed by atoms with Crippen LogP contribution in [0.1, 0.15) is 12.0 Å². The highest BCUT2D eigenvalue weighted by atomic mass is 19.4. The largest absolute Gasteiger partial charge is 0.417 e. The summed E-state index contributed by atoms with van der Waals surface area (Å²) in [5, 5.41) is 9.86. The van der Waals surface area contributed by atoms with Gasteiger partial charge in [0.1, 0.15) is 0 Å². The third kappa shape index (κ3) is 1.96. The summed E-state index contributed by atoms with van der Waals surface area (Å²) in [7, 11) is 0. The van der Waals surface area contributed by atoms with Gasteiger partial charge in [-0.1, -0.05) is 30.3 Å². The molecule has 2 nitrogen and oxygen atoms in total. The van der Waals surface area contributed by atoms with Gasteiger partial charge in [0.25, 0.3) is 0 Å². The van der Waals surface area contributed by atoms with E-state index in [2.05, 4.69) is 0 Å². The van der Waals surface area contributed by atoms with Crippen molar-refractivity contribution < 1.29 is 18.3 Å². The van der Waals surface area contributed by atoms with Crippen LogP contribution in [-0.4, -0.2) is 34.9 Å². The SMILES string of the molecule is OC1(C(F)(F)F)[C@@H]2C[C@H]1CN(Cc1ccccc1)C2. The topological polar surface area (TPSA) is 23.5 Å². The molecule has 1 saturated carbocycles. The average Bonchev–Trinajstić information content (AvgIpc) is 2.38. The van der Waals surface area contributed by atoms with E-state index < -0.39 is 23.6 Å². The lowest BCUT2D eigenvalue weighted by atomic mass is 9.57. The van der Waals surface area contributed by atoms with Crippen molar-refractivity contribution in [2.75, 3.05) is 13.1 Å². The van der Waals surface area contributed by atoms with Crippen LogP contribution in [0.15, 0.2) is 30.3 Å². The van der Waals surface area contributed by atoms with Crippen LogP contribution in [0.3, 0.4) is 0 Å². The van der Waals surface area contributed by atoms with E-state index >= 15 is 0 Å². The summed E-state index contributed by atoms with van der Waals surface area (Å²) in [6, 6.07) is 9.70. The minimum Gasteiger partial charge on any atom is -0.380 e. The number of fused-ring (bicyclic) bond motifs is 2. The molecule has 4 rings (SSSR count). The predicted octanol–water partition coefficient (Wildman–Crippen LogP) is 2.43. The zero-order chi connectivity index (χ0) is 13.7. The second kappa shape index (κ2) is 4.21. The third-order valence-corrected chi connectivity index (χ3v) is 4.47. The number of halogens is 3. The molecule has 5 heteroatoms. The van der Waals surface area contributed by atoms with E-state index in [1.165, 1.54) is 0 Å². The first-order chi connectivity index (χ1) is 8.91. The molecule has 3 aliphatic rings. The highest BCUT2D eigenvalue weighted by Gasteiger charge is 2.71. The van der Waals surface area contributed by atoms with E-state index in [9.17, 15) is 18.3 Å². The van der Waals surface area contributed by atoms with Gasteiger partial charge in [0.2, 0.25) is 0 Å². The lowest BCUT2D eigenvalue weighted by Crippen LogP contribution is -2.72. The molecule has 2 heterocycles. The Labute approximate surface area is 109 Å². The lowest BCUT2D eigenvalue weighted by Gasteiger charge is -2.59. The Bertz CT molecular complexity index is 448. The third-order valence-electron chi connectivity index (χ3n) is 4.47. The standard InChI is InChI=1S/C14H16F3NO/c15-14(16,17)13(19)11-6-12(13)9-18(8-11)7-10-4-2-1-3-5-10/h1-5,11-12,19H,6-9H2/t11-,12+,13?. The van der Waals surface area contributed by atoms with Gasteiger partial charge in [0.15, 0.2) is 5.60 Å². The number of aliphatic hydroxyl groups is 1. The zero-order valence-corrected chi connectivity index (χ0v) is 10.4. The van der Waals surface area contributed by atoms with Crippen LogP contribution in [-0.2, 0) is 6.54 Å². The number of rotatable bonds is 2. The van der Waals surface area contributed by atoms with Crippen molar-refractivity contribution in [3.63, 3.8) is 0 Å².